The number of aryl methyl sites for hydroxylation is 2. The molecule has 26 heavy (non-hydrogen) atoms. The fraction of sp³-hybridized carbons (Fsp3) is 0.333. The highest BCUT2D eigenvalue weighted by Crippen LogP contribution is 2.12. The molecule has 0 saturated carbocycles. The van der Waals surface area contributed by atoms with Crippen LogP contribution in [-0.4, -0.2) is 55.6 Å². The van der Waals surface area contributed by atoms with Crippen molar-refractivity contribution in [3.05, 3.63) is 43.7 Å². The molecule has 2 aromatic rings. The smallest absolute Gasteiger partial charge is 0.390 e. The molecule has 0 aliphatic carbocycles. The van der Waals surface area contributed by atoms with Crippen molar-refractivity contribution in [3.8, 4) is 0 Å². The lowest BCUT2D eigenvalue weighted by Crippen LogP contribution is -2.07. The van der Waals surface area contributed by atoms with Crippen molar-refractivity contribution in [3.63, 3.8) is 0 Å². The van der Waals surface area contributed by atoms with Crippen molar-refractivity contribution < 1.29 is 28.9 Å². The van der Waals surface area contributed by atoms with Gasteiger partial charge in [-0.1, -0.05) is 5.10 Å². The van der Waals surface area contributed by atoms with Crippen molar-refractivity contribution in [1.29, 1.82) is 0 Å². The average molecular weight is 370 g/mol. The Morgan fingerprint density at radius 3 is 1.92 bits per heavy atom. The molecule has 2 rings (SSSR count). The fourth-order valence-electron chi connectivity index (χ4n) is 1.67. The first kappa shape index (κ1) is 20.2. The zero-order chi connectivity index (χ0) is 20.0. The number of methoxy groups -OCH3 is 2. The van der Waals surface area contributed by atoms with E-state index < -0.39 is 21.8 Å². The van der Waals surface area contributed by atoms with Crippen molar-refractivity contribution in [2.45, 2.75) is 0 Å². The Labute approximate surface area is 145 Å². The Morgan fingerprint density at radius 2 is 1.54 bits per heavy atom. The fourth-order valence-corrected chi connectivity index (χ4v) is 1.67. The van der Waals surface area contributed by atoms with Crippen molar-refractivity contribution in [2.24, 2.45) is 14.1 Å². The van der Waals surface area contributed by atoms with Crippen molar-refractivity contribution in [2.75, 3.05) is 14.2 Å². The molecule has 0 radical (unpaired) electrons. The van der Waals surface area contributed by atoms with Crippen LogP contribution in [0, 0.1) is 20.2 Å². The van der Waals surface area contributed by atoms with Crippen LogP contribution < -0.4 is 0 Å². The number of hydrogen-bond donors (Lipinski definition) is 0. The van der Waals surface area contributed by atoms with Crippen LogP contribution >= 0.6 is 0 Å². The molecule has 0 fully saturated rings. The summed E-state index contributed by atoms with van der Waals surface area (Å²) >= 11 is 0. The Bertz CT molecular complexity index is 854. The van der Waals surface area contributed by atoms with Gasteiger partial charge in [0, 0.05) is 0 Å². The molecule has 0 N–H and O–H groups in total. The van der Waals surface area contributed by atoms with Crippen molar-refractivity contribution >= 4 is 23.6 Å². The van der Waals surface area contributed by atoms with Gasteiger partial charge in [-0.15, -0.1) is 4.68 Å². The van der Waals surface area contributed by atoms with Crippen LogP contribution in [0.4, 0.5) is 11.6 Å². The lowest BCUT2D eigenvalue weighted by atomic mass is 10.4. The zero-order valence-electron chi connectivity index (χ0n) is 14.1. The van der Waals surface area contributed by atoms with E-state index in [1.54, 1.807) is 0 Å². The molecular formula is C12H14N6O8. The third-order valence-electron chi connectivity index (χ3n) is 2.89. The minimum Gasteiger partial charge on any atom is -0.464 e. The summed E-state index contributed by atoms with van der Waals surface area (Å²) in [4.78, 5) is 41.1. The summed E-state index contributed by atoms with van der Waals surface area (Å²) in [7, 11) is 5.19. The van der Waals surface area contributed by atoms with Crippen LogP contribution in [0.2, 0.25) is 0 Å². The monoisotopic (exact) mass is 370 g/mol. The van der Waals surface area contributed by atoms with Gasteiger partial charge in [-0.2, -0.15) is 4.68 Å². The predicted molar refractivity (Wildman–Crippen MR) is 82.4 cm³/mol. The summed E-state index contributed by atoms with van der Waals surface area (Å²) in [6.07, 6.45) is 0. The first-order valence-corrected chi connectivity index (χ1v) is 6.65. The van der Waals surface area contributed by atoms with Gasteiger partial charge in [0.15, 0.2) is 11.4 Å². The number of rotatable bonds is 4. The average Bonchev–Trinajstić information content (AvgIpc) is 3.17. The van der Waals surface area contributed by atoms with Gasteiger partial charge in [0.2, 0.25) is 0 Å². The molecule has 140 valence electrons. The van der Waals surface area contributed by atoms with Crippen LogP contribution in [-0.2, 0) is 23.6 Å². The van der Waals surface area contributed by atoms with E-state index in [0.717, 1.165) is 21.5 Å². The standard InChI is InChI=1S/2C6H7N3O4/c1-8-4(6(10)13-2)3-5(7-8)9(11)12;1-8-5(9(11)12)3-4(7-8)6(10)13-2/h2*3H,1-2H3. The number of ether oxygens (including phenoxy) is 2. The quantitative estimate of drug-likeness (QED) is 0.411. The highest BCUT2D eigenvalue weighted by Gasteiger charge is 2.21. The van der Waals surface area contributed by atoms with E-state index in [1.165, 1.54) is 28.3 Å². The van der Waals surface area contributed by atoms with Crippen LogP contribution in [0.15, 0.2) is 12.1 Å². The number of carbonyl (C=O) groups excluding carboxylic acids is 2. The van der Waals surface area contributed by atoms with E-state index in [2.05, 4.69) is 19.7 Å². The van der Waals surface area contributed by atoms with Crippen LogP contribution in [0.3, 0.4) is 0 Å². The number of esters is 2. The molecule has 0 saturated heterocycles. The van der Waals surface area contributed by atoms with Crippen LogP contribution in [0.1, 0.15) is 21.0 Å². The van der Waals surface area contributed by atoms with Gasteiger partial charge in [-0.3, -0.25) is 0 Å². The lowest BCUT2D eigenvalue weighted by Gasteiger charge is -1.93. The number of hydrogen-bond acceptors (Lipinski definition) is 10. The van der Waals surface area contributed by atoms with Gasteiger partial charge in [-0.05, 0) is 9.85 Å². The molecule has 0 aliphatic heterocycles. The summed E-state index contributed by atoms with van der Waals surface area (Å²) in [6.45, 7) is 0. The van der Waals surface area contributed by atoms with Gasteiger partial charge >= 0.3 is 23.6 Å². The van der Waals surface area contributed by atoms with Gasteiger partial charge in [0.25, 0.3) is 0 Å². The minimum atomic E-state index is -0.691. The predicted octanol–water partition coefficient (Wildman–Crippen LogP) is 0.230. The topological polar surface area (TPSA) is 175 Å². The van der Waals surface area contributed by atoms with Crippen LogP contribution in [0.25, 0.3) is 0 Å². The Kier molecular flexibility index (Phi) is 6.46. The second-order valence-corrected chi connectivity index (χ2v) is 4.52. The van der Waals surface area contributed by atoms with Gasteiger partial charge in [-0.25, -0.2) is 9.59 Å². The first-order valence-electron chi connectivity index (χ1n) is 6.65. The lowest BCUT2D eigenvalue weighted by molar-refractivity contribution is -0.392. The minimum absolute atomic E-state index is 0.0502. The van der Waals surface area contributed by atoms with E-state index in [-0.39, 0.29) is 23.0 Å². The largest absolute Gasteiger partial charge is 0.464 e. The molecule has 2 heterocycles. The van der Waals surface area contributed by atoms with E-state index in [4.69, 9.17) is 0 Å². The van der Waals surface area contributed by atoms with Gasteiger partial charge in [0.05, 0.1) is 38.5 Å². The number of nitro groups is 2. The molecule has 0 spiro atoms. The Hall–Kier alpha value is -3.84. The number of nitrogens with zero attached hydrogens (tertiary/aromatic N) is 6. The highest BCUT2D eigenvalue weighted by atomic mass is 16.6. The summed E-state index contributed by atoms with van der Waals surface area (Å²) in [5, 5.41) is 27.7. The van der Waals surface area contributed by atoms with Gasteiger partial charge < -0.3 is 29.7 Å². The first-order chi connectivity index (χ1) is 12.1. The number of aromatic nitrogens is 4. The third kappa shape index (κ3) is 4.59. The van der Waals surface area contributed by atoms with E-state index >= 15 is 0 Å². The molecule has 14 heteroatoms. The van der Waals surface area contributed by atoms with Crippen LogP contribution in [0.5, 0.6) is 0 Å². The second kappa shape index (κ2) is 8.32. The van der Waals surface area contributed by atoms with E-state index in [9.17, 15) is 29.8 Å². The summed E-state index contributed by atoms with van der Waals surface area (Å²) in [5.74, 6) is -1.96. The SMILES string of the molecule is COC(=O)c1cc([N+](=O)[O-])n(C)n1.COC(=O)c1cc([N+](=O)[O-])nn1C. The summed E-state index contributed by atoms with van der Waals surface area (Å²) in [6, 6.07) is 2.12. The summed E-state index contributed by atoms with van der Waals surface area (Å²) < 4.78 is 10.8. The Balaban J connectivity index is 0.000000260. The molecule has 0 bridgehead atoms. The molecule has 0 unspecified atom stereocenters. The Morgan fingerprint density at radius 1 is 0.962 bits per heavy atom. The normalized spacial score (nSPS) is 9.69. The maximum absolute atomic E-state index is 11.0. The molecular weight excluding hydrogens is 356 g/mol. The second-order valence-electron chi connectivity index (χ2n) is 4.52. The van der Waals surface area contributed by atoms with Crippen molar-refractivity contribution in [1.82, 2.24) is 19.6 Å². The zero-order valence-corrected chi connectivity index (χ0v) is 14.1. The maximum atomic E-state index is 11.0. The molecule has 0 atom stereocenters. The van der Waals surface area contributed by atoms with E-state index in [0.29, 0.717) is 0 Å². The third-order valence-corrected chi connectivity index (χ3v) is 2.89. The summed E-state index contributed by atoms with van der Waals surface area (Å²) in [5.41, 5.74) is -0.0223. The molecule has 2 aromatic heterocycles. The molecule has 0 amide bonds. The number of carbonyl (C=O) groups is 2. The maximum Gasteiger partial charge on any atom is 0.390 e. The van der Waals surface area contributed by atoms with Gasteiger partial charge in [0.1, 0.15) is 7.05 Å². The van der Waals surface area contributed by atoms with E-state index in [1.807, 2.05) is 0 Å². The molecule has 0 aliphatic rings. The molecule has 0 aromatic carbocycles. The molecule has 14 nitrogen and oxygen atoms in total. The highest BCUT2D eigenvalue weighted by molar-refractivity contribution is 5.88.